The second-order valence-corrected chi connectivity index (χ2v) is 7.41. The van der Waals surface area contributed by atoms with Gasteiger partial charge in [0.15, 0.2) is 0 Å². The molecule has 0 bridgehead atoms. The third-order valence-electron chi connectivity index (χ3n) is 4.84. The average Bonchev–Trinajstić information content (AvgIpc) is 2.82. The molecule has 0 aliphatic heterocycles. The molecule has 0 aliphatic rings. The second kappa shape index (κ2) is 11.5. The van der Waals surface area contributed by atoms with Crippen LogP contribution in [0.4, 0.5) is 5.69 Å². The fourth-order valence-electron chi connectivity index (χ4n) is 3.21. The van der Waals surface area contributed by atoms with Gasteiger partial charge in [-0.1, -0.05) is 66.7 Å². The Morgan fingerprint density at radius 1 is 0.909 bits per heavy atom. The quantitative estimate of drug-likeness (QED) is 0.490. The summed E-state index contributed by atoms with van der Waals surface area (Å²) in [7, 11) is 1.51. The summed E-state index contributed by atoms with van der Waals surface area (Å²) in [4.78, 5) is 37.7. The molecule has 0 heterocycles. The van der Waals surface area contributed by atoms with Gasteiger partial charge in [0, 0.05) is 5.56 Å². The maximum absolute atomic E-state index is 13.1. The number of rotatable bonds is 9. The summed E-state index contributed by atoms with van der Waals surface area (Å²) < 4.78 is 10.8. The topological polar surface area (TPSA) is 93.7 Å². The molecule has 0 fully saturated rings. The molecule has 3 rings (SSSR count). The van der Waals surface area contributed by atoms with Crippen LogP contribution in [0.2, 0.25) is 0 Å². The zero-order chi connectivity index (χ0) is 23.6. The van der Waals surface area contributed by atoms with Crippen LogP contribution >= 0.6 is 0 Å². The van der Waals surface area contributed by atoms with Gasteiger partial charge in [0.2, 0.25) is 12.0 Å². The van der Waals surface area contributed by atoms with Gasteiger partial charge in [0.25, 0.3) is 5.91 Å². The number of hydrogen-bond acceptors (Lipinski definition) is 5. The Morgan fingerprint density at radius 3 is 2.24 bits per heavy atom. The molecule has 170 valence electrons. The number of methoxy groups -OCH3 is 1. The van der Waals surface area contributed by atoms with E-state index in [1.807, 2.05) is 43.3 Å². The summed E-state index contributed by atoms with van der Waals surface area (Å²) in [5.74, 6) is -1.09. The number of benzene rings is 3. The molecule has 1 unspecified atom stereocenters. The van der Waals surface area contributed by atoms with Gasteiger partial charge in [0.1, 0.15) is 12.3 Å². The summed E-state index contributed by atoms with van der Waals surface area (Å²) in [5.41, 5.74) is 2.73. The molecule has 0 spiro atoms. The molecule has 7 heteroatoms. The molecule has 3 aromatic rings. The molecule has 2 N–H and O–H groups in total. The van der Waals surface area contributed by atoms with E-state index in [2.05, 4.69) is 10.6 Å². The van der Waals surface area contributed by atoms with Gasteiger partial charge < -0.3 is 20.1 Å². The van der Waals surface area contributed by atoms with Crippen molar-refractivity contribution in [2.24, 2.45) is 0 Å². The number of anilines is 1. The van der Waals surface area contributed by atoms with Crippen molar-refractivity contribution in [2.45, 2.75) is 19.4 Å². The molecule has 0 aliphatic carbocycles. The smallest absolute Gasteiger partial charge is 0.326 e. The maximum Gasteiger partial charge on any atom is 0.326 e. The first-order chi connectivity index (χ1) is 16.0. The minimum Gasteiger partial charge on any atom is -0.495 e. The lowest BCUT2D eigenvalue weighted by Gasteiger charge is -2.19. The van der Waals surface area contributed by atoms with E-state index >= 15 is 0 Å². The summed E-state index contributed by atoms with van der Waals surface area (Å²) in [6.07, 6.45) is -1.06. The van der Waals surface area contributed by atoms with Crippen LogP contribution in [0, 0.1) is 6.92 Å². The highest BCUT2D eigenvalue weighted by molar-refractivity contribution is 5.97. The second-order valence-electron chi connectivity index (χ2n) is 7.41. The molecule has 33 heavy (non-hydrogen) atoms. The molecule has 2 amide bonds. The molecular weight excluding hydrogens is 420 g/mol. The van der Waals surface area contributed by atoms with Crippen LogP contribution in [0.25, 0.3) is 0 Å². The summed E-state index contributed by atoms with van der Waals surface area (Å²) in [6.45, 7) is 1.54. The van der Waals surface area contributed by atoms with Gasteiger partial charge in [-0.3, -0.25) is 14.4 Å². The zero-order valence-electron chi connectivity index (χ0n) is 18.5. The number of hydrogen-bond donors (Lipinski definition) is 2. The van der Waals surface area contributed by atoms with Crippen molar-refractivity contribution >= 4 is 23.5 Å². The third-order valence-corrected chi connectivity index (χ3v) is 4.84. The molecule has 1 atom stereocenters. The van der Waals surface area contributed by atoms with E-state index in [4.69, 9.17) is 9.47 Å². The first-order valence-corrected chi connectivity index (χ1v) is 10.5. The van der Waals surface area contributed by atoms with Gasteiger partial charge in [0.05, 0.1) is 19.2 Å². The summed E-state index contributed by atoms with van der Waals surface area (Å²) in [5, 5.41) is 5.31. The van der Waals surface area contributed by atoms with Gasteiger partial charge >= 0.3 is 5.97 Å². The van der Waals surface area contributed by atoms with E-state index in [9.17, 15) is 14.4 Å². The van der Waals surface area contributed by atoms with Crippen LogP contribution in [0.5, 0.6) is 5.75 Å². The van der Waals surface area contributed by atoms with Crippen LogP contribution in [0.15, 0.2) is 78.9 Å². The largest absolute Gasteiger partial charge is 0.495 e. The number of carbonyl (C=O) groups is 3. The first kappa shape index (κ1) is 23.5. The minimum atomic E-state index is -1.20. The number of amides is 2. The van der Waals surface area contributed by atoms with Crippen molar-refractivity contribution in [3.05, 3.63) is 95.6 Å². The molecule has 3 aromatic carbocycles. The van der Waals surface area contributed by atoms with Crippen LogP contribution in [0.1, 0.15) is 22.8 Å². The number of ether oxygens (including phenoxy) is 2. The molecule has 0 saturated carbocycles. The Morgan fingerprint density at radius 2 is 1.58 bits per heavy atom. The van der Waals surface area contributed by atoms with E-state index in [0.717, 1.165) is 11.1 Å². The highest BCUT2D eigenvalue weighted by atomic mass is 16.5. The van der Waals surface area contributed by atoms with Gasteiger partial charge in [-0.15, -0.1) is 0 Å². The highest BCUT2D eigenvalue weighted by Crippen LogP contribution is 2.27. The molecule has 0 saturated heterocycles. The van der Waals surface area contributed by atoms with Crippen LogP contribution < -0.4 is 15.4 Å². The summed E-state index contributed by atoms with van der Waals surface area (Å²) in [6, 6.07) is 23.2. The fourth-order valence-corrected chi connectivity index (χ4v) is 3.21. The van der Waals surface area contributed by atoms with Gasteiger partial charge in [-0.05, 0) is 30.2 Å². The Bertz CT molecular complexity index is 1100. The van der Waals surface area contributed by atoms with Crippen molar-refractivity contribution in [1.29, 1.82) is 0 Å². The summed E-state index contributed by atoms with van der Waals surface area (Å²) >= 11 is 0. The highest BCUT2D eigenvalue weighted by Gasteiger charge is 2.26. The number of esters is 1. The Kier molecular flexibility index (Phi) is 8.18. The predicted octanol–water partition coefficient (Wildman–Crippen LogP) is 3.59. The van der Waals surface area contributed by atoms with Gasteiger partial charge in [-0.2, -0.15) is 0 Å². The molecule has 0 aromatic heterocycles. The monoisotopic (exact) mass is 446 g/mol. The lowest BCUT2D eigenvalue weighted by molar-refractivity contribution is -0.154. The zero-order valence-corrected chi connectivity index (χ0v) is 18.5. The van der Waals surface area contributed by atoms with Crippen molar-refractivity contribution in [3.8, 4) is 5.75 Å². The van der Waals surface area contributed by atoms with Gasteiger partial charge in [-0.25, -0.2) is 0 Å². The number of nitrogens with one attached hydrogen (secondary N) is 2. The number of carbonyl (C=O) groups excluding carboxylic acids is 3. The van der Waals surface area contributed by atoms with Crippen LogP contribution in [0.3, 0.4) is 0 Å². The lowest BCUT2D eigenvalue weighted by Crippen LogP contribution is -2.34. The van der Waals surface area contributed by atoms with E-state index in [-0.39, 0.29) is 18.9 Å². The normalized spacial score (nSPS) is 11.2. The van der Waals surface area contributed by atoms with E-state index in [0.29, 0.717) is 17.0 Å². The third kappa shape index (κ3) is 6.93. The minimum absolute atomic E-state index is 0.143. The van der Waals surface area contributed by atoms with Crippen LogP contribution in [-0.2, 0) is 25.5 Å². The fraction of sp³-hybridized carbons (Fsp3) is 0.192. The van der Waals surface area contributed by atoms with Crippen LogP contribution in [-0.4, -0.2) is 31.4 Å². The first-order valence-electron chi connectivity index (χ1n) is 10.5. The number of aryl methyl sites for hydroxylation is 1. The standard InChI is InChI=1S/C26H26N2O5/c1-18-13-14-22(32-2)21(15-18)28-26(31)25(20-11-7-4-8-12-20)33-24(30)17-27-23(29)16-19-9-5-3-6-10-19/h3-15,25H,16-17H2,1-2H3,(H,27,29)(H,28,31). The van der Waals surface area contributed by atoms with E-state index < -0.39 is 18.0 Å². The van der Waals surface area contributed by atoms with Crippen molar-refractivity contribution in [2.75, 3.05) is 19.0 Å². The van der Waals surface area contributed by atoms with Crippen molar-refractivity contribution in [1.82, 2.24) is 5.32 Å². The van der Waals surface area contributed by atoms with E-state index in [1.165, 1.54) is 7.11 Å². The average molecular weight is 447 g/mol. The Labute approximate surface area is 192 Å². The predicted molar refractivity (Wildman–Crippen MR) is 125 cm³/mol. The van der Waals surface area contributed by atoms with Crippen molar-refractivity contribution < 1.29 is 23.9 Å². The lowest BCUT2D eigenvalue weighted by atomic mass is 10.1. The Balaban J connectivity index is 1.67. The molecule has 7 nitrogen and oxygen atoms in total. The molecular formula is C26H26N2O5. The SMILES string of the molecule is COc1ccc(C)cc1NC(=O)C(OC(=O)CNC(=O)Cc1ccccc1)c1ccccc1. The maximum atomic E-state index is 13.1. The van der Waals surface area contributed by atoms with Crippen molar-refractivity contribution in [3.63, 3.8) is 0 Å². The van der Waals surface area contributed by atoms with E-state index in [1.54, 1.807) is 42.5 Å². The molecule has 0 radical (unpaired) electrons. The Hall–Kier alpha value is -4.13.